The number of hydrogen-bond donors (Lipinski definition) is 1. The largest absolute Gasteiger partial charge is 0.497 e. The van der Waals surface area contributed by atoms with Gasteiger partial charge in [-0.2, -0.15) is 0 Å². The number of halogens is 2. The minimum absolute atomic E-state index is 0.213. The molecule has 0 spiro atoms. The fourth-order valence-electron chi connectivity index (χ4n) is 5.73. The minimum Gasteiger partial charge on any atom is -0.497 e. The number of ether oxygens (including phenoxy) is 1. The van der Waals surface area contributed by atoms with E-state index in [1.165, 1.54) is 24.0 Å². The highest BCUT2D eigenvalue weighted by molar-refractivity contribution is 6.31. The molecule has 0 aliphatic carbocycles. The summed E-state index contributed by atoms with van der Waals surface area (Å²) in [5, 5.41) is 1.43. The van der Waals surface area contributed by atoms with Crippen LogP contribution in [0.1, 0.15) is 30.0 Å². The fourth-order valence-corrected chi connectivity index (χ4v) is 6.04. The van der Waals surface area contributed by atoms with Gasteiger partial charge >= 0.3 is 0 Å². The number of hydrogen-bond acceptors (Lipinski definition) is 5. The second kappa shape index (κ2) is 12.0. The van der Waals surface area contributed by atoms with Crippen molar-refractivity contribution in [3.05, 3.63) is 87.9 Å². The van der Waals surface area contributed by atoms with E-state index in [4.69, 9.17) is 33.7 Å². The molecule has 0 radical (unpaired) electrons. The van der Waals surface area contributed by atoms with Crippen LogP contribution in [-0.2, 0) is 6.54 Å². The maximum Gasteiger partial charge on any atom is 0.118 e. The molecule has 3 aromatic carbocycles. The zero-order valence-electron chi connectivity index (χ0n) is 21.5. The highest BCUT2D eigenvalue weighted by Gasteiger charge is 2.31. The first-order chi connectivity index (χ1) is 18.0. The Kier molecular flexibility index (Phi) is 8.46. The van der Waals surface area contributed by atoms with Crippen LogP contribution in [0.5, 0.6) is 5.75 Å². The van der Waals surface area contributed by atoms with Crippen molar-refractivity contribution in [1.82, 2.24) is 9.80 Å². The van der Waals surface area contributed by atoms with Crippen LogP contribution in [-0.4, -0.2) is 56.2 Å². The van der Waals surface area contributed by atoms with Gasteiger partial charge in [0, 0.05) is 42.8 Å². The minimum atomic E-state index is 0.213. The Morgan fingerprint density at radius 3 is 2.22 bits per heavy atom. The molecule has 0 bridgehead atoms. The van der Waals surface area contributed by atoms with E-state index in [-0.39, 0.29) is 6.04 Å². The van der Waals surface area contributed by atoms with Gasteiger partial charge < -0.3 is 15.4 Å². The topological polar surface area (TPSA) is 45.0 Å². The van der Waals surface area contributed by atoms with Crippen molar-refractivity contribution in [3.63, 3.8) is 0 Å². The quantitative estimate of drug-likeness (QED) is 0.354. The van der Waals surface area contributed by atoms with Crippen LogP contribution in [0.25, 0.3) is 0 Å². The number of nitrogens with two attached hydrogens (primary N) is 1. The maximum absolute atomic E-state index is 6.41. The van der Waals surface area contributed by atoms with Crippen LogP contribution in [0.2, 0.25) is 10.0 Å². The molecule has 0 aromatic heterocycles. The molecule has 37 heavy (non-hydrogen) atoms. The van der Waals surface area contributed by atoms with Crippen molar-refractivity contribution in [2.45, 2.75) is 25.4 Å². The van der Waals surface area contributed by atoms with Gasteiger partial charge in [-0.1, -0.05) is 47.5 Å². The van der Waals surface area contributed by atoms with E-state index >= 15 is 0 Å². The van der Waals surface area contributed by atoms with Crippen molar-refractivity contribution in [3.8, 4) is 5.75 Å². The van der Waals surface area contributed by atoms with Crippen LogP contribution in [0, 0.1) is 5.92 Å². The standard InChI is InChI=1S/C30H36Cl2N4O/c1-37-27-9-2-22(3-10-27)19-34-14-12-23(13-15-34)20-35-16-17-36(29-11-8-26(32)18-28(29)33)30(21-35)24-4-6-25(31)7-5-24/h2-11,18,23,30H,12-17,19-21,33H2,1H3/t30-/m0/s1. The van der Waals surface area contributed by atoms with E-state index in [9.17, 15) is 0 Å². The van der Waals surface area contributed by atoms with E-state index in [0.717, 1.165) is 73.9 Å². The Morgan fingerprint density at radius 1 is 0.838 bits per heavy atom. The monoisotopic (exact) mass is 538 g/mol. The van der Waals surface area contributed by atoms with Gasteiger partial charge in [-0.15, -0.1) is 0 Å². The van der Waals surface area contributed by atoms with Crippen molar-refractivity contribution >= 4 is 34.6 Å². The highest BCUT2D eigenvalue weighted by Crippen LogP contribution is 2.36. The second-order valence-electron chi connectivity index (χ2n) is 10.3. The van der Waals surface area contributed by atoms with Crippen molar-refractivity contribution < 1.29 is 4.74 Å². The fraction of sp³-hybridized carbons (Fsp3) is 0.400. The van der Waals surface area contributed by atoms with Gasteiger partial charge in [0.25, 0.3) is 0 Å². The number of piperidine rings is 1. The molecular formula is C30H36Cl2N4O. The average molecular weight is 540 g/mol. The Hall–Kier alpha value is -2.44. The highest BCUT2D eigenvalue weighted by atomic mass is 35.5. The zero-order valence-corrected chi connectivity index (χ0v) is 23.0. The summed E-state index contributed by atoms with van der Waals surface area (Å²) in [6, 6.07) is 22.8. The Bertz CT molecular complexity index is 1160. The molecule has 2 saturated heterocycles. The molecule has 0 amide bonds. The van der Waals surface area contributed by atoms with Crippen LogP contribution < -0.4 is 15.4 Å². The molecule has 0 saturated carbocycles. The zero-order chi connectivity index (χ0) is 25.8. The summed E-state index contributed by atoms with van der Waals surface area (Å²) < 4.78 is 5.29. The summed E-state index contributed by atoms with van der Waals surface area (Å²) in [6.45, 7) is 7.38. The van der Waals surface area contributed by atoms with E-state index < -0.39 is 0 Å². The number of methoxy groups -OCH3 is 1. The third kappa shape index (κ3) is 6.53. The molecule has 196 valence electrons. The van der Waals surface area contributed by atoms with Crippen LogP contribution in [0.3, 0.4) is 0 Å². The third-order valence-electron chi connectivity index (χ3n) is 7.81. The lowest BCUT2D eigenvalue weighted by atomic mass is 9.94. The Morgan fingerprint density at radius 2 is 1.54 bits per heavy atom. The molecule has 5 nitrogen and oxygen atoms in total. The van der Waals surface area contributed by atoms with Gasteiger partial charge in [-0.25, -0.2) is 0 Å². The maximum atomic E-state index is 6.41. The van der Waals surface area contributed by atoms with Crippen LogP contribution >= 0.6 is 23.2 Å². The lowest BCUT2D eigenvalue weighted by Gasteiger charge is -2.45. The second-order valence-corrected chi connectivity index (χ2v) is 11.2. The van der Waals surface area contributed by atoms with Gasteiger partial charge in [0.15, 0.2) is 0 Å². The van der Waals surface area contributed by atoms with E-state index in [1.807, 2.05) is 24.3 Å². The number of likely N-dealkylation sites (tertiary alicyclic amines) is 1. The van der Waals surface area contributed by atoms with Gasteiger partial charge in [0.2, 0.25) is 0 Å². The summed E-state index contributed by atoms with van der Waals surface area (Å²) in [6.07, 6.45) is 2.48. The third-order valence-corrected chi connectivity index (χ3v) is 8.29. The van der Waals surface area contributed by atoms with Gasteiger partial charge in [0.05, 0.1) is 24.5 Å². The van der Waals surface area contributed by atoms with E-state index in [1.54, 1.807) is 7.11 Å². The summed E-state index contributed by atoms with van der Waals surface area (Å²) in [7, 11) is 1.71. The van der Waals surface area contributed by atoms with Crippen molar-refractivity contribution in [1.29, 1.82) is 0 Å². The van der Waals surface area contributed by atoms with Gasteiger partial charge in [-0.3, -0.25) is 9.80 Å². The molecular weight excluding hydrogens is 503 g/mol. The number of piperazine rings is 1. The van der Waals surface area contributed by atoms with E-state index in [0.29, 0.717) is 5.02 Å². The Labute approximate surface area is 230 Å². The number of nitrogens with zero attached hydrogens (tertiary/aromatic N) is 3. The number of nitrogen functional groups attached to an aromatic ring is 1. The first-order valence-electron chi connectivity index (χ1n) is 13.1. The molecule has 2 fully saturated rings. The summed E-state index contributed by atoms with van der Waals surface area (Å²) in [5.41, 5.74) is 10.8. The van der Waals surface area contributed by atoms with Gasteiger partial charge in [0.1, 0.15) is 5.75 Å². The molecule has 2 heterocycles. The molecule has 7 heteroatoms. The first kappa shape index (κ1) is 26.2. The molecule has 3 aromatic rings. The summed E-state index contributed by atoms with van der Waals surface area (Å²) in [4.78, 5) is 7.66. The SMILES string of the molecule is COc1ccc(CN2CCC(CN3CCN(c4ccc(Cl)cc4N)[C@H](c4ccc(Cl)cc4)C3)CC2)cc1. The summed E-state index contributed by atoms with van der Waals surface area (Å²) >= 11 is 12.4. The lowest BCUT2D eigenvalue weighted by Crippen LogP contribution is -2.50. The van der Waals surface area contributed by atoms with Crippen LogP contribution in [0.15, 0.2) is 66.7 Å². The molecule has 1 atom stereocenters. The smallest absolute Gasteiger partial charge is 0.118 e. The number of rotatable bonds is 7. The van der Waals surface area contributed by atoms with E-state index in [2.05, 4.69) is 57.2 Å². The van der Waals surface area contributed by atoms with Crippen molar-refractivity contribution in [2.24, 2.45) is 5.92 Å². The Balaban J connectivity index is 1.21. The number of anilines is 2. The summed E-state index contributed by atoms with van der Waals surface area (Å²) in [5.74, 6) is 1.64. The normalized spacial score (nSPS) is 19.8. The van der Waals surface area contributed by atoms with Gasteiger partial charge in [-0.05, 0) is 85.4 Å². The predicted octanol–water partition coefficient (Wildman–Crippen LogP) is 6.36. The molecule has 2 aliphatic rings. The van der Waals surface area contributed by atoms with Crippen LogP contribution in [0.4, 0.5) is 11.4 Å². The molecule has 2 N–H and O–H groups in total. The lowest BCUT2D eigenvalue weighted by molar-refractivity contribution is 0.127. The van der Waals surface area contributed by atoms with Crippen molar-refractivity contribution in [2.75, 3.05) is 57.0 Å². The average Bonchev–Trinajstić information content (AvgIpc) is 2.91. The number of benzene rings is 3. The first-order valence-corrected chi connectivity index (χ1v) is 13.9. The molecule has 2 aliphatic heterocycles. The molecule has 5 rings (SSSR count). The predicted molar refractivity (Wildman–Crippen MR) is 155 cm³/mol. The molecule has 0 unspecified atom stereocenters.